The average Bonchev–Trinajstić information content (AvgIpc) is 3.88. The van der Waals surface area contributed by atoms with Crippen molar-refractivity contribution in [3.05, 3.63) is 6.42 Å². The van der Waals surface area contributed by atoms with Crippen LogP contribution in [0.3, 0.4) is 0 Å². The Morgan fingerprint density at radius 3 is 1.18 bits per heavy atom. The molecule has 290 valence electrons. The summed E-state index contributed by atoms with van der Waals surface area (Å²) in [5.74, 6) is 6.30. The molecule has 0 amide bonds. The van der Waals surface area contributed by atoms with Crippen LogP contribution in [0.2, 0.25) is 0 Å². The zero-order valence-electron chi connectivity index (χ0n) is 31.3. The van der Waals surface area contributed by atoms with Gasteiger partial charge in [-0.25, -0.2) is 0 Å². The average molecular weight is 877 g/mol. The van der Waals surface area contributed by atoms with Gasteiger partial charge in [0, 0.05) is 33.8 Å². The van der Waals surface area contributed by atoms with Crippen molar-refractivity contribution in [1.29, 1.82) is 0 Å². The first-order valence-electron chi connectivity index (χ1n) is 21.7. The van der Waals surface area contributed by atoms with Gasteiger partial charge in [0.25, 0.3) is 0 Å². The molecule has 5 heterocycles. The van der Waals surface area contributed by atoms with E-state index in [4.69, 9.17) is 5.11 Å². The van der Waals surface area contributed by atoms with Gasteiger partial charge in [-0.2, -0.15) is 6.42 Å². The molecule has 9 N–H and O–H groups in total. The molecule has 9 fully saturated rings. The standard InChI is InChI=1S/C32H55N8.C8H18O.Pt/c1-2-10-18-17(9-1)25-33-26(18)38-28-21-13-5-6-14-22(21)30(35-28)40-32-24-16-8-7-15-23(24)31(36-32)39-29-20-12-4-3-11-19(20)27(34-29)37-25;1-3-5-6-8(4-2)7-9;/h9,17-40H,1-8,10-16H2;8-9H,3-7H2,1-2H3;/q-1;;. The van der Waals surface area contributed by atoms with E-state index in [0.717, 1.165) is 41.9 Å². The van der Waals surface area contributed by atoms with Crippen LogP contribution in [-0.2, 0) is 21.1 Å². The molecule has 50 heavy (non-hydrogen) atoms. The van der Waals surface area contributed by atoms with Crippen LogP contribution in [0.5, 0.6) is 0 Å². The quantitative estimate of drug-likeness (QED) is 0.183. The molecular weight excluding hydrogens is 804 g/mol. The predicted molar refractivity (Wildman–Crippen MR) is 197 cm³/mol. The Hall–Kier alpha value is 0.328. The summed E-state index contributed by atoms with van der Waals surface area (Å²) in [6.07, 6.45) is 31.3. The van der Waals surface area contributed by atoms with Crippen LogP contribution in [0.1, 0.15) is 136 Å². The van der Waals surface area contributed by atoms with Gasteiger partial charge in [0.1, 0.15) is 0 Å². The first-order valence-corrected chi connectivity index (χ1v) is 21.7. The van der Waals surface area contributed by atoms with E-state index in [1.54, 1.807) is 0 Å². The Balaban J connectivity index is 0.000000350. The monoisotopic (exact) mass is 877 g/mol. The molecule has 9 rings (SSSR count). The number of rotatable bonds is 5. The minimum absolute atomic E-state index is 0. The zero-order valence-corrected chi connectivity index (χ0v) is 33.6. The Morgan fingerprint density at radius 1 is 0.500 bits per heavy atom. The van der Waals surface area contributed by atoms with Gasteiger partial charge in [-0.3, -0.25) is 42.5 Å². The summed E-state index contributed by atoms with van der Waals surface area (Å²) in [4.78, 5) is 0. The van der Waals surface area contributed by atoms with Crippen LogP contribution in [-0.4, -0.2) is 61.0 Å². The van der Waals surface area contributed by atoms with E-state index in [1.165, 1.54) is 116 Å². The number of hydrogen-bond acceptors (Lipinski definition) is 9. The number of fused-ring (bicyclic) bond motifs is 20. The largest absolute Gasteiger partial charge is 0.396 e. The number of unbranched alkanes of at least 4 members (excludes halogenated alkanes) is 1. The van der Waals surface area contributed by atoms with Crippen molar-refractivity contribution in [2.75, 3.05) is 6.61 Å². The van der Waals surface area contributed by atoms with Gasteiger partial charge in [0.05, 0.1) is 43.2 Å². The predicted octanol–water partition coefficient (Wildman–Crippen LogP) is 4.61. The van der Waals surface area contributed by atoms with Crippen LogP contribution >= 0.6 is 0 Å². The molecule has 17 atom stereocenters. The number of nitrogens with one attached hydrogen (secondary N) is 8. The van der Waals surface area contributed by atoms with Crippen molar-refractivity contribution in [3.8, 4) is 0 Å². The van der Waals surface area contributed by atoms with Crippen molar-refractivity contribution in [3.63, 3.8) is 0 Å². The fourth-order valence-electron chi connectivity index (χ4n) is 12.7. The molecule has 4 aliphatic carbocycles. The molecule has 9 nitrogen and oxygen atoms in total. The van der Waals surface area contributed by atoms with Gasteiger partial charge in [-0.1, -0.05) is 84.5 Å². The van der Waals surface area contributed by atoms with E-state index in [2.05, 4.69) is 62.8 Å². The Labute approximate surface area is 319 Å². The van der Waals surface area contributed by atoms with Crippen LogP contribution in [0.25, 0.3) is 0 Å². The van der Waals surface area contributed by atoms with Crippen LogP contribution in [0.15, 0.2) is 0 Å². The van der Waals surface area contributed by atoms with E-state index in [0.29, 0.717) is 73.7 Å². The third kappa shape index (κ3) is 8.00. The Morgan fingerprint density at radius 2 is 0.840 bits per heavy atom. The Bertz CT molecular complexity index is 845. The van der Waals surface area contributed by atoms with Crippen LogP contribution in [0.4, 0.5) is 0 Å². The number of aliphatic hydroxyl groups is 1. The normalized spacial score (nSPS) is 48.5. The van der Waals surface area contributed by atoms with Crippen molar-refractivity contribution in [2.24, 2.45) is 53.3 Å². The van der Waals surface area contributed by atoms with Gasteiger partial charge >= 0.3 is 0 Å². The van der Waals surface area contributed by atoms with Gasteiger partial charge < -0.3 is 11.5 Å². The molecule has 10 heteroatoms. The van der Waals surface area contributed by atoms with Gasteiger partial charge in [0.15, 0.2) is 0 Å². The van der Waals surface area contributed by atoms with E-state index in [1.807, 2.05) is 0 Å². The van der Waals surface area contributed by atoms with E-state index in [-0.39, 0.29) is 21.1 Å². The van der Waals surface area contributed by atoms with Crippen molar-refractivity contribution in [1.82, 2.24) is 42.5 Å². The first kappa shape index (κ1) is 38.6. The summed E-state index contributed by atoms with van der Waals surface area (Å²) in [5, 5.41) is 42.4. The van der Waals surface area contributed by atoms with Crippen molar-refractivity contribution >= 4 is 0 Å². The molecule has 4 saturated carbocycles. The molecule has 0 aromatic heterocycles. The second kappa shape index (κ2) is 17.9. The molecule has 0 spiro atoms. The van der Waals surface area contributed by atoms with Crippen molar-refractivity contribution in [2.45, 2.75) is 185 Å². The maximum atomic E-state index is 8.75. The molecular formula is C40H73N8OPt-. The topological polar surface area (TPSA) is 116 Å². The van der Waals surface area contributed by atoms with Gasteiger partial charge in [0.2, 0.25) is 0 Å². The summed E-state index contributed by atoms with van der Waals surface area (Å²) in [7, 11) is 0. The first-order chi connectivity index (χ1) is 24.1. The molecule has 5 aliphatic heterocycles. The molecule has 17 unspecified atom stereocenters. The molecule has 5 saturated heterocycles. The third-order valence-corrected chi connectivity index (χ3v) is 15.4. The van der Waals surface area contributed by atoms with Gasteiger partial charge in [-0.15, -0.1) is 5.92 Å². The molecule has 0 aromatic rings. The fourth-order valence-corrected chi connectivity index (χ4v) is 12.7. The van der Waals surface area contributed by atoms with E-state index >= 15 is 0 Å². The second-order valence-corrected chi connectivity index (χ2v) is 18.0. The third-order valence-electron chi connectivity index (χ3n) is 15.4. The number of hydrogen-bond donors (Lipinski definition) is 9. The zero-order chi connectivity index (χ0) is 33.3. The van der Waals surface area contributed by atoms with Crippen molar-refractivity contribution < 1.29 is 26.2 Å². The number of aliphatic hydroxyl groups excluding tert-OH is 1. The fraction of sp³-hybridized carbons (Fsp3) is 0.975. The molecule has 9 aliphatic rings. The summed E-state index contributed by atoms with van der Waals surface area (Å²) in [6.45, 7) is 4.69. The maximum absolute atomic E-state index is 8.75. The second-order valence-electron chi connectivity index (χ2n) is 18.0. The van der Waals surface area contributed by atoms with Gasteiger partial charge in [-0.05, 0) is 92.3 Å². The summed E-state index contributed by atoms with van der Waals surface area (Å²) < 4.78 is 0. The minimum atomic E-state index is 0. The molecule has 0 aromatic carbocycles. The molecule has 0 radical (unpaired) electrons. The smallest absolute Gasteiger partial charge is 0.0628 e. The Kier molecular flexibility index (Phi) is 13.8. The van der Waals surface area contributed by atoms with Crippen LogP contribution in [0, 0.1) is 59.7 Å². The minimum Gasteiger partial charge on any atom is -0.396 e. The summed E-state index contributed by atoms with van der Waals surface area (Å²) >= 11 is 0. The maximum Gasteiger partial charge on any atom is 0.0628 e. The molecule has 8 bridgehead atoms. The van der Waals surface area contributed by atoms with Crippen LogP contribution < -0.4 is 42.5 Å². The van der Waals surface area contributed by atoms with E-state index < -0.39 is 0 Å². The summed E-state index contributed by atoms with van der Waals surface area (Å²) in [6, 6.07) is 0. The van der Waals surface area contributed by atoms with E-state index in [9.17, 15) is 0 Å². The summed E-state index contributed by atoms with van der Waals surface area (Å²) in [5.41, 5.74) is 0. The SMILES string of the molecule is CCCCC(CC)CO.[CH-]1CCCC2C3NC(NC4NC(NC5NC(NC6NC(N3)C3CCCCC63)C3CCCCC53)C3CCCCC43)C12.[Pt].